The molecule has 8 heteroatoms. The molecule has 2 aromatic carbocycles. The van der Waals surface area contributed by atoms with Crippen LogP contribution in [0.15, 0.2) is 42.7 Å². The zero-order valence-corrected chi connectivity index (χ0v) is 23.0. The van der Waals surface area contributed by atoms with E-state index in [0.717, 1.165) is 52.2 Å². The molecule has 1 N–H and O–H groups in total. The second-order valence-electron chi connectivity index (χ2n) is 10.5. The van der Waals surface area contributed by atoms with Gasteiger partial charge in [0.25, 0.3) is 5.91 Å². The van der Waals surface area contributed by atoms with Crippen LogP contribution in [-0.4, -0.2) is 37.8 Å². The molecule has 4 aromatic rings. The smallest absolute Gasteiger partial charge is 0.255 e. The molecule has 0 aliphatic heterocycles. The van der Waals surface area contributed by atoms with E-state index in [9.17, 15) is 4.79 Å². The normalized spacial score (nSPS) is 11.6. The minimum atomic E-state index is -0.212. The first-order valence-electron chi connectivity index (χ1n) is 12.6. The number of hydrogen-bond donors (Lipinski definition) is 1. The van der Waals surface area contributed by atoms with Gasteiger partial charge in [0, 0.05) is 23.9 Å². The number of rotatable bonds is 7. The molecule has 0 radical (unpaired) electrons. The van der Waals surface area contributed by atoms with Crippen molar-refractivity contribution in [1.29, 1.82) is 0 Å². The molecule has 4 rings (SSSR count). The fourth-order valence-corrected chi connectivity index (χ4v) is 4.36. The molecule has 8 nitrogen and oxygen atoms in total. The first kappa shape index (κ1) is 26.1. The summed E-state index contributed by atoms with van der Waals surface area (Å²) in [5.74, 6) is 0.500. The number of carbonyl (C=O) groups is 1. The average Bonchev–Trinajstić information content (AvgIpc) is 3.45. The van der Waals surface area contributed by atoms with Crippen molar-refractivity contribution in [2.75, 3.05) is 12.4 Å². The van der Waals surface area contributed by atoms with Gasteiger partial charge in [0.2, 0.25) is 0 Å². The summed E-state index contributed by atoms with van der Waals surface area (Å²) < 4.78 is 9.27. The summed E-state index contributed by atoms with van der Waals surface area (Å²) in [6.45, 7) is 12.6. The average molecular weight is 501 g/mol. The Hall–Kier alpha value is -3.94. The van der Waals surface area contributed by atoms with E-state index in [4.69, 9.17) is 4.74 Å². The number of nitrogens with one attached hydrogen (secondary N) is 1. The Morgan fingerprint density at radius 2 is 1.89 bits per heavy atom. The molecular weight excluding hydrogens is 464 g/mol. The van der Waals surface area contributed by atoms with Crippen LogP contribution in [0.25, 0.3) is 16.9 Å². The predicted octanol–water partition coefficient (Wildman–Crippen LogP) is 5.80. The number of methoxy groups -OCH3 is 1. The van der Waals surface area contributed by atoms with Crippen molar-refractivity contribution in [1.82, 2.24) is 24.8 Å². The summed E-state index contributed by atoms with van der Waals surface area (Å²) in [4.78, 5) is 13.5. The van der Waals surface area contributed by atoms with E-state index < -0.39 is 0 Å². The number of ether oxygens (including phenoxy) is 1. The van der Waals surface area contributed by atoms with Gasteiger partial charge in [0.05, 0.1) is 30.9 Å². The van der Waals surface area contributed by atoms with E-state index in [2.05, 4.69) is 54.5 Å². The van der Waals surface area contributed by atoms with Crippen LogP contribution in [0.2, 0.25) is 0 Å². The molecule has 2 aromatic heterocycles. The van der Waals surface area contributed by atoms with E-state index in [1.807, 2.05) is 51.4 Å². The van der Waals surface area contributed by atoms with Gasteiger partial charge in [-0.1, -0.05) is 51.5 Å². The highest BCUT2D eigenvalue weighted by Gasteiger charge is 2.21. The lowest BCUT2D eigenvalue weighted by Gasteiger charge is -2.24. The van der Waals surface area contributed by atoms with Crippen LogP contribution in [0, 0.1) is 13.8 Å². The van der Waals surface area contributed by atoms with Crippen molar-refractivity contribution in [2.45, 2.75) is 59.8 Å². The fourth-order valence-electron chi connectivity index (χ4n) is 4.36. The topological polar surface area (TPSA) is 86.9 Å². The molecule has 0 aliphatic carbocycles. The van der Waals surface area contributed by atoms with Crippen LogP contribution in [0.1, 0.15) is 66.9 Å². The summed E-state index contributed by atoms with van der Waals surface area (Å²) >= 11 is 0. The second kappa shape index (κ2) is 10.2. The molecule has 0 bridgehead atoms. The number of aromatic nitrogens is 5. The van der Waals surface area contributed by atoms with Gasteiger partial charge >= 0.3 is 0 Å². The van der Waals surface area contributed by atoms with E-state index in [1.54, 1.807) is 22.7 Å². The number of amides is 1. The Labute approximate surface area is 218 Å². The fraction of sp³-hybridized carbons (Fsp3) is 0.379. The van der Waals surface area contributed by atoms with E-state index in [0.29, 0.717) is 17.0 Å². The quantitative estimate of drug-likeness (QED) is 0.347. The lowest BCUT2D eigenvalue weighted by atomic mass is 9.85. The van der Waals surface area contributed by atoms with Gasteiger partial charge < -0.3 is 10.1 Å². The third kappa shape index (κ3) is 5.28. The van der Waals surface area contributed by atoms with Gasteiger partial charge in [-0.2, -0.15) is 5.10 Å². The lowest BCUT2D eigenvalue weighted by molar-refractivity contribution is 0.102. The highest BCUT2D eigenvalue weighted by Crippen LogP contribution is 2.36. The van der Waals surface area contributed by atoms with Crippen molar-refractivity contribution >= 4 is 11.6 Å². The molecule has 0 aliphatic rings. The highest BCUT2D eigenvalue weighted by molar-refractivity contribution is 6.05. The minimum absolute atomic E-state index is 0.0668. The predicted molar refractivity (Wildman–Crippen MR) is 147 cm³/mol. The molecule has 37 heavy (non-hydrogen) atoms. The maximum absolute atomic E-state index is 13.5. The molecule has 1 amide bonds. The van der Waals surface area contributed by atoms with Crippen molar-refractivity contribution in [3.63, 3.8) is 0 Å². The lowest BCUT2D eigenvalue weighted by Crippen LogP contribution is -2.17. The molecule has 194 valence electrons. The Bertz CT molecular complexity index is 1440. The van der Waals surface area contributed by atoms with Gasteiger partial charge in [-0.3, -0.25) is 9.48 Å². The van der Waals surface area contributed by atoms with Crippen molar-refractivity contribution < 1.29 is 9.53 Å². The number of anilines is 1. The van der Waals surface area contributed by atoms with E-state index >= 15 is 0 Å². The van der Waals surface area contributed by atoms with Gasteiger partial charge in [-0.05, 0) is 60.6 Å². The first-order chi connectivity index (χ1) is 17.5. The number of benzene rings is 2. The molecule has 0 fully saturated rings. The molecule has 0 spiro atoms. The van der Waals surface area contributed by atoms with E-state index in [-0.39, 0.29) is 11.3 Å². The van der Waals surface area contributed by atoms with Crippen molar-refractivity contribution in [3.8, 4) is 22.7 Å². The molecule has 2 heterocycles. The molecule has 0 saturated heterocycles. The van der Waals surface area contributed by atoms with E-state index in [1.165, 1.54) is 0 Å². The summed E-state index contributed by atoms with van der Waals surface area (Å²) in [6.07, 6.45) is 5.50. The van der Waals surface area contributed by atoms with Crippen molar-refractivity contribution in [3.05, 3.63) is 70.7 Å². The van der Waals surface area contributed by atoms with Crippen LogP contribution in [0.4, 0.5) is 5.69 Å². The van der Waals surface area contributed by atoms with Gasteiger partial charge in [-0.25, -0.2) is 4.68 Å². The zero-order valence-electron chi connectivity index (χ0n) is 23.0. The van der Waals surface area contributed by atoms with Crippen molar-refractivity contribution in [2.24, 2.45) is 7.05 Å². The number of carbonyl (C=O) groups excluding carboxylic acids is 1. The first-order valence-corrected chi connectivity index (χ1v) is 12.6. The minimum Gasteiger partial charge on any atom is -0.494 e. The van der Waals surface area contributed by atoms with Gasteiger partial charge in [0.1, 0.15) is 11.4 Å². The molecule has 0 unspecified atom stereocenters. The molecule has 0 saturated carbocycles. The maximum atomic E-state index is 13.5. The third-order valence-corrected chi connectivity index (χ3v) is 6.73. The van der Waals surface area contributed by atoms with Gasteiger partial charge in [0.15, 0.2) is 0 Å². The number of aryl methyl sites for hydroxylation is 3. The highest BCUT2D eigenvalue weighted by atomic mass is 16.5. The van der Waals surface area contributed by atoms with Crippen LogP contribution in [-0.2, 0) is 18.9 Å². The molecule has 0 atom stereocenters. The summed E-state index contributed by atoms with van der Waals surface area (Å²) in [6, 6.07) is 9.79. The third-order valence-electron chi connectivity index (χ3n) is 6.73. The SMILES string of the molecule is CCCc1cc(C(C)(C)C)cc(NC(=O)c2ccc(C)c(-n3cc(-c4cnn(C)c4C)nn3)c2)c1OC. The van der Waals surface area contributed by atoms with Gasteiger partial charge in [-0.15, -0.1) is 5.10 Å². The van der Waals surface area contributed by atoms with Crippen LogP contribution >= 0.6 is 0 Å². The second-order valence-corrected chi connectivity index (χ2v) is 10.5. The standard InChI is InChI=1S/C29H36N6O2/c1-9-10-20-13-22(29(4,5)6)15-24(27(20)37-8)31-28(36)21-12-11-18(2)26(14-21)35-17-25(32-33-35)23-16-30-34(7)19(23)3/h11-17H,9-10H2,1-8H3,(H,31,36). The number of hydrogen-bond acceptors (Lipinski definition) is 5. The Morgan fingerprint density at radius 3 is 2.51 bits per heavy atom. The molecular formula is C29H36N6O2. The van der Waals surface area contributed by atoms with Crippen LogP contribution < -0.4 is 10.1 Å². The Balaban J connectivity index is 1.68. The number of nitrogens with zero attached hydrogens (tertiary/aromatic N) is 5. The summed E-state index contributed by atoms with van der Waals surface area (Å²) in [5, 5.41) is 16.1. The largest absolute Gasteiger partial charge is 0.494 e. The van der Waals surface area contributed by atoms with Crippen LogP contribution in [0.3, 0.4) is 0 Å². The summed E-state index contributed by atoms with van der Waals surface area (Å²) in [7, 11) is 3.55. The zero-order chi connectivity index (χ0) is 26.9. The summed E-state index contributed by atoms with van der Waals surface area (Å²) in [5.41, 5.74) is 7.81. The Kier molecular flexibility index (Phi) is 7.21. The van der Waals surface area contributed by atoms with Crippen LogP contribution in [0.5, 0.6) is 5.75 Å². The monoisotopic (exact) mass is 500 g/mol. The maximum Gasteiger partial charge on any atom is 0.255 e. The Morgan fingerprint density at radius 1 is 1.14 bits per heavy atom.